The van der Waals surface area contributed by atoms with Gasteiger partial charge in [-0.3, -0.25) is 0 Å². The lowest BCUT2D eigenvalue weighted by Crippen LogP contribution is -1.93. The fourth-order valence-corrected chi connectivity index (χ4v) is 19.6. The zero-order valence-electron chi connectivity index (χ0n) is 50.7. The van der Waals surface area contributed by atoms with E-state index in [0.717, 1.165) is 0 Å². The van der Waals surface area contributed by atoms with Gasteiger partial charge < -0.3 is 9.13 Å². The van der Waals surface area contributed by atoms with Gasteiger partial charge in [0.2, 0.25) is 0 Å². The number of aromatic nitrogens is 2. The largest absolute Gasteiger partial charge is 0.308 e. The van der Waals surface area contributed by atoms with Crippen molar-refractivity contribution in [1.29, 1.82) is 0 Å². The van der Waals surface area contributed by atoms with E-state index in [4.69, 9.17) is 0 Å². The van der Waals surface area contributed by atoms with Crippen molar-refractivity contribution in [2.24, 2.45) is 0 Å². The molecule has 2 nitrogen and oxygen atoms in total. The Balaban J connectivity index is 0.000000133. The van der Waals surface area contributed by atoms with Crippen LogP contribution in [0, 0.1) is 0 Å². The highest BCUT2D eigenvalue weighted by Crippen LogP contribution is 2.50. The molecule has 6 heteroatoms. The average Bonchev–Trinajstić information content (AvgIpc) is 1.56. The third-order valence-corrected chi connectivity index (χ3v) is 23.6. The summed E-state index contributed by atoms with van der Waals surface area (Å²) in [6.45, 7) is 0. The van der Waals surface area contributed by atoms with Gasteiger partial charge in [-0.25, -0.2) is 0 Å². The average molecular weight is 1270 g/mol. The zero-order valence-corrected chi connectivity index (χ0v) is 54.0. The summed E-state index contributed by atoms with van der Waals surface area (Å²) in [5.74, 6) is 0. The van der Waals surface area contributed by atoms with Crippen molar-refractivity contribution < 1.29 is 0 Å². The van der Waals surface area contributed by atoms with E-state index in [1.807, 2.05) is 45.3 Å². The second kappa shape index (κ2) is 22.4. The van der Waals surface area contributed by atoms with Crippen molar-refractivity contribution in [2.45, 2.75) is 0 Å². The highest BCUT2D eigenvalue weighted by Gasteiger charge is 2.23. The molecular formula is C88H54N2S4. The molecular weight excluding hydrogens is 1210 g/mol. The quantitative estimate of drug-likeness (QED) is 0.143. The lowest BCUT2D eigenvalue weighted by molar-refractivity contribution is 1.19. The first-order valence-electron chi connectivity index (χ1n) is 31.9. The predicted octanol–water partition coefficient (Wildman–Crippen LogP) is 26.7. The molecule has 6 aromatic heterocycles. The maximum Gasteiger partial charge on any atom is 0.0734 e. The smallest absolute Gasteiger partial charge is 0.0734 e. The molecule has 0 aliphatic rings. The summed E-state index contributed by atoms with van der Waals surface area (Å²) >= 11 is 7.59. The molecule has 6 heterocycles. The first kappa shape index (κ1) is 54.7. The summed E-state index contributed by atoms with van der Waals surface area (Å²) in [5, 5.41) is 10.6. The minimum Gasteiger partial charge on any atom is -0.308 e. The van der Waals surface area contributed by atoms with Gasteiger partial charge in [-0.1, -0.05) is 267 Å². The molecule has 0 bridgehead atoms. The van der Waals surface area contributed by atoms with Crippen LogP contribution in [0.5, 0.6) is 0 Å². The van der Waals surface area contributed by atoms with Crippen LogP contribution in [0.2, 0.25) is 0 Å². The van der Waals surface area contributed by atoms with Crippen LogP contribution in [0.1, 0.15) is 0 Å². The SMILES string of the molecule is c1ccc(-c2ccc3c(c2)sc2cc(-c4ccc(-c5cccc6sc7c8ccccc8n(-c8ccccc8)c7c56)cc4)ccc23)cc1.c1ccc(-c2cccc3c2sc2c(-c4ccc(-c5cccc6sc7c8ccccc8n(-c8ccccc8)c7c56)cc4)cccc23)cc1. The monoisotopic (exact) mass is 1270 g/mol. The van der Waals surface area contributed by atoms with E-state index in [-0.39, 0.29) is 0 Å². The van der Waals surface area contributed by atoms with Crippen molar-refractivity contribution in [1.82, 2.24) is 9.13 Å². The molecule has 0 saturated carbocycles. The van der Waals surface area contributed by atoms with E-state index in [2.05, 4.69) is 337 Å². The zero-order chi connectivity index (χ0) is 61.8. The summed E-state index contributed by atoms with van der Waals surface area (Å²) < 4.78 is 15.6. The molecule has 94 heavy (non-hydrogen) atoms. The molecule has 0 radical (unpaired) electrons. The Morgan fingerprint density at radius 1 is 0.191 bits per heavy atom. The predicted molar refractivity (Wildman–Crippen MR) is 411 cm³/mol. The lowest BCUT2D eigenvalue weighted by atomic mass is 9.97. The summed E-state index contributed by atoms with van der Waals surface area (Å²) in [6, 6.07) is 120. The third kappa shape index (κ3) is 8.94. The van der Waals surface area contributed by atoms with E-state index in [1.54, 1.807) is 0 Å². The minimum absolute atomic E-state index is 1.19. The number of nitrogens with zero attached hydrogens (tertiary/aromatic N) is 2. The maximum atomic E-state index is 2.45. The number of hydrogen-bond donors (Lipinski definition) is 0. The van der Waals surface area contributed by atoms with Crippen LogP contribution in [0.3, 0.4) is 0 Å². The fourth-order valence-electron chi connectivity index (χ4n) is 14.5. The number of rotatable bonds is 8. The lowest BCUT2D eigenvalue weighted by Gasteiger charge is -2.11. The molecule has 14 aromatic carbocycles. The Morgan fingerprint density at radius 2 is 0.532 bits per heavy atom. The minimum atomic E-state index is 1.19. The summed E-state index contributed by atoms with van der Waals surface area (Å²) in [6.07, 6.45) is 0. The Morgan fingerprint density at radius 3 is 1.00 bits per heavy atom. The van der Waals surface area contributed by atoms with Crippen LogP contribution in [-0.4, -0.2) is 9.13 Å². The fraction of sp³-hybridized carbons (Fsp3) is 0. The van der Waals surface area contributed by atoms with E-state index < -0.39 is 0 Å². The Hall–Kier alpha value is -11.0. The molecule has 20 rings (SSSR count). The molecule has 0 amide bonds. The first-order chi connectivity index (χ1) is 46.6. The molecule has 0 aliphatic heterocycles. The van der Waals surface area contributed by atoms with Gasteiger partial charge >= 0.3 is 0 Å². The first-order valence-corrected chi connectivity index (χ1v) is 35.1. The molecule has 440 valence electrons. The van der Waals surface area contributed by atoms with Crippen LogP contribution < -0.4 is 0 Å². The van der Waals surface area contributed by atoms with Crippen LogP contribution >= 0.6 is 45.3 Å². The number of para-hydroxylation sites is 4. The van der Waals surface area contributed by atoms with Gasteiger partial charge in [-0.05, 0) is 127 Å². The number of hydrogen-bond acceptors (Lipinski definition) is 4. The molecule has 0 fully saturated rings. The van der Waals surface area contributed by atoms with Gasteiger partial charge in [-0.15, -0.1) is 45.3 Å². The normalized spacial score (nSPS) is 11.8. The van der Waals surface area contributed by atoms with Crippen LogP contribution in [0.25, 0.3) is 181 Å². The van der Waals surface area contributed by atoms with E-state index in [0.29, 0.717) is 0 Å². The van der Waals surface area contributed by atoms with Gasteiger partial charge in [0.05, 0.1) is 31.5 Å². The van der Waals surface area contributed by atoms with E-state index >= 15 is 0 Å². The van der Waals surface area contributed by atoms with Crippen LogP contribution in [0.15, 0.2) is 328 Å². The molecule has 0 spiro atoms. The summed E-state index contributed by atoms with van der Waals surface area (Å²) in [7, 11) is 0. The number of fused-ring (bicyclic) bond motifs is 16. The molecule has 20 aromatic rings. The van der Waals surface area contributed by atoms with Gasteiger partial charge in [0.1, 0.15) is 0 Å². The third-order valence-electron chi connectivity index (χ3n) is 18.9. The van der Waals surface area contributed by atoms with Gasteiger partial charge in [0, 0.05) is 82.7 Å². The highest BCUT2D eigenvalue weighted by molar-refractivity contribution is 7.28. The second-order valence-corrected chi connectivity index (χ2v) is 28.4. The van der Waals surface area contributed by atoms with Gasteiger partial charge in [0.15, 0.2) is 0 Å². The Kier molecular flexibility index (Phi) is 13.1. The van der Waals surface area contributed by atoms with Crippen molar-refractivity contribution in [3.05, 3.63) is 328 Å². The standard InChI is InChI=1S/2C44H27NS2/c1-3-12-28(13-4-1)33-18-9-20-35-36-21-10-19-34(43(36)47-42(33)35)30-26-24-29(25-27-30)32-17-11-23-39-40(32)41-44(46-39)37-16-7-8-22-38(37)45(41)31-14-5-2-6-15-31;1-3-10-28(11-4-1)31-22-24-35-36-25-23-32(27-41(36)46-40(35)26-31)29-18-20-30(21-19-29)34-15-9-17-39-42(34)43-44(47-39)37-14-7-8-16-38(37)45(43)33-12-5-2-6-13-33/h2*1-27H. The maximum absolute atomic E-state index is 2.45. The van der Waals surface area contributed by atoms with Crippen molar-refractivity contribution in [3.63, 3.8) is 0 Å². The van der Waals surface area contributed by atoms with Gasteiger partial charge in [0.25, 0.3) is 0 Å². The van der Waals surface area contributed by atoms with E-state index in [9.17, 15) is 0 Å². The number of thiophene rings is 4. The van der Waals surface area contributed by atoms with Gasteiger partial charge in [-0.2, -0.15) is 0 Å². The van der Waals surface area contributed by atoms with Crippen LogP contribution in [-0.2, 0) is 0 Å². The van der Waals surface area contributed by atoms with Crippen LogP contribution in [0.4, 0.5) is 0 Å². The second-order valence-electron chi connectivity index (χ2n) is 24.2. The number of benzene rings is 14. The topological polar surface area (TPSA) is 9.86 Å². The molecule has 0 atom stereocenters. The van der Waals surface area contributed by atoms with E-state index in [1.165, 1.54) is 181 Å². The van der Waals surface area contributed by atoms with Crippen molar-refractivity contribution >= 4 is 148 Å². The van der Waals surface area contributed by atoms with Crippen molar-refractivity contribution in [2.75, 3.05) is 0 Å². The summed E-state index contributed by atoms with van der Waals surface area (Å²) in [5.41, 5.74) is 22.6. The Labute approximate surface area is 558 Å². The summed E-state index contributed by atoms with van der Waals surface area (Å²) in [4.78, 5) is 0. The Bertz CT molecular complexity index is 6300. The molecule has 0 unspecified atom stereocenters. The van der Waals surface area contributed by atoms with Crippen molar-refractivity contribution in [3.8, 4) is 78.1 Å². The molecule has 0 N–H and O–H groups in total. The molecule has 0 aliphatic carbocycles. The highest BCUT2D eigenvalue weighted by atomic mass is 32.1. The molecule has 0 saturated heterocycles.